The number of rotatable bonds is 5. The van der Waals surface area contributed by atoms with E-state index >= 15 is 0 Å². The van der Waals surface area contributed by atoms with E-state index in [0.717, 1.165) is 28.0 Å². The van der Waals surface area contributed by atoms with Crippen LogP contribution in [0.5, 0.6) is 0 Å². The zero-order valence-corrected chi connectivity index (χ0v) is 17.9. The molecule has 1 amide bonds. The fraction of sp³-hybridized carbons (Fsp3) is 0.136. The third-order valence-corrected chi connectivity index (χ3v) is 6.35. The molecule has 5 rings (SSSR count). The quantitative estimate of drug-likeness (QED) is 0.363. The highest BCUT2D eigenvalue weighted by Gasteiger charge is 2.14. The summed E-state index contributed by atoms with van der Waals surface area (Å²) in [6, 6.07) is 18.3. The smallest absolute Gasteiger partial charge is 0.244 e. The Morgan fingerprint density at radius 2 is 1.93 bits per heavy atom. The number of hydrogen-bond donors (Lipinski definition) is 2. The maximum atomic E-state index is 12.8. The minimum atomic E-state index is -0.149. The molecule has 0 aliphatic heterocycles. The summed E-state index contributed by atoms with van der Waals surface area (Å²) in [5.41, 5.74) is 3.12. The Kier molecular flexibility index (Phi) is 4.72. The van der Waals surface area contributed by atoms with Gasteiger partial charge >= 0.3 is 0 Å². The topological polar surface area (TPSA) is 67.6 Å². The Morgan fingerprint density at radius 1 is 1.10 bits per heavy atom. The molecule has 0 atom stereocenters. The van der Waals surface area contributed by atoms with E-state index in [4.69, 9.17) is 12.2 Å². The maximum absolute atomic E-state index is 12.8. The van der Waals surface area contributed by atoms with E-state index in [1.165, 1.54) is 10.9 Å². The first-order valence-corrected chi connectivity index (χ1v) is 10.9. The first-order valence-electron chi connectivity index (χ1n) is 9.65. The Morgan fingerprint density at radius 3 is 2.73 bits per heavy atom. The molecule has 6 nitrogen and oxygen atoms in total. The molecule has 5 aromatic rings. The number of aromatic amines is 1. The van der Waals surface area contributed by atoms with E-state index in [1.807, 2.05) is 35.7 Å². The summed E-state index contributed by atoms with van der Waals surface area (Å²) in [6.45, 7) is 3.12. The zero-order chi connectivity index (χ0) is 20.7. The van der Waals surface area contributed by atoms with E-state index < -0.39 is 0 Å². The second-order valence-corrected chi connectivity index (χ2v) is 8.29. The number of benzene rings is 2. The number of aromatic nitrogens is 4. The van der Waals surface area contributed by atoms with Gasteiger partial charge in [0.25, 0.3) is 0 Å². The summed E-state index contributed by atoms with van der Waals surface area (Å²) in [5.74, 6) is 0.524. The highest BCUT2D eigenvalue weighted by atomic mass is 32.1. The molecule has 0 radical (unpaired) electrons. The van der Waals surface area contributed by atoms with Crippen LogP contribution in [0.1, 0.15) is 6.92 Å². The average molecular weight is 434 g/mol. The highest BCUT2D eigenvalue weighted by Crippen LogP contribution is 2.31. The lowest BCUT2D eigenvalue weighted by atomic mass is 10.1. The van der Waals surface area contributed by atoms with Gasteiger partial charge in [0.2, 0.25) is 5.91 Å². The van der Waals surface area contributed by atoms with Gasteiger partial charge in [-0.1, -0.05) is 24.3 Å². The van der Waals surface area contributed by atoms with Crippen LogP contribution in [0.25, 0.3) is 32.5 Å². The Hall–Kier alpha value is -3.23. The van der Waals surface area contributed by atoms with Crippen molar-refractivity contribution in [1.29, 1.82) is 0 Å². The second-order valence-electron chi connectivity index (χ2n) is 6.96. The SMILES string of the molecule is CCn1c2ccccc2c2cc(NC(=O)Cn3c(-c4cccs4)n[nH]c3=S)ccc21. The van der Waals surface area contributed by atoms with Crippen molar-refractivity contribution in [2.45, 2.75) is 20.0 Å². The van der Waals surface area contributed by atoms with Gasteiger partial charge in [0.1, 0.15) is 6.54 Å². The molecule has 2 aromatic carbocycles. The third kappa shape index (κ3) is 3.14. The fourth-order valence-electron chi connectivity index (χ4n) is 3.87. The Labute approximate surface area is 181 Å². The standard InChI is InChI=1S/C22H19N5OS2/c1-2-26-17-7-4-3-6-15(17)16-12-14(9-10-18(16)26)23-20(28)13-27-21(24-25-22(27)29)19-8-5-11-30-19/h3-12H,2,13H2,1H3,(H,23,28)(H,25,29). The Bertz CT molecular complexity index is 1430. The number of nitrogens with one attached hydrogen (secondary N) is 2. The summed E-state index contributed by atoms with van der Waals surface area (Å²) in [6.07, 6.45) is 0. The van der Waals surface area contributed by atoms with Crippen LogP contribution >= 0.6 is 23.6 Å². The molecule has 30 heavy (non-hydrogen) atoms. The number of nitrogens with zero attached hydrogens (tertiary/aromatic N) is 3. The largest absolute Gasteiger partial charge is 0.341 e. The van der Waals surface area contributed by atoms with Crippen LogP contribution in [0, 0.1) is 4.77 Å². The van der Waals surface area contributed by atoms with Crippen molar-refractivity contribution in [3.05, 3.63) is 64.7 Å². The monoisotopic (exact) mass is 433 g/mol. The van der Waals surface area contributed by atoms with E-state index in [2.05, 4.69) is 51.3 Å². The van der Waals surface area contributed by atoms with E-state index in [-0.39, 0.29) is 12.5 Å². The first kappa shape index (κ1) is 18.8. The summed E-state index contributed by atoms with van der Waals surface area (Å²) in [7, 11) is 0. The van der Waals surface area contributed by atoms with Crippen molar-refractivity contribution in [3.8, 4) is 10.7 Å². The summed E-state index contributed by atoms with van der Waals surface area (Å²) in [5, 5.41) is 14.4. The number of fused-ring (bicyclic) bond motifs is 3. The van der Waals surface area contributed by atoms with Crippen LogP contribution in [0.4, 0.5) is 5.69 Å². The summed E-state index contributed by atoms with van der Waals surface area (Å²) in [4.78, 5) is 13.8. The summed E-state index contributed by atoms with van der Waals surface area (Å²) < 4.78 is 4.43. The molecular weight excluding hydrogens is 414 g/mol. The van der Waals surface area contributed by atoms with Gasteiger partial charge in [-0.3, -0.25) is 14.5 Å². The van der Waals surface area contributed by atoms with Crippen molar-refractivity contribution in [3.63, 3.8) is 0 Å². The molecule has 0 saturated heterocycles. The van der Waals surface area contributed by atoms with Gasteiger partial charge in [0.15, 0.2) is 10.6 Å². The molecule has 0 aliphatic rings. The number of amides is 1. The summed E-state index contributed by atoms with van der Waals surface area (Å²) >= 11 is 6.89. The van der Waals surface area contributed by atoms with Crippen molar-refractivity contribution in [1.82, 2.24) is 19.3 Å². The number of H-pyrrole nitrogens is 1. The number of carbonyl (C=O) groups is 1. The van der Waals surface area contributed by atoms with Gasteiger partial charge < -0.3 is 9.88 Å². The van der Waals surface area contributed by atoms with Gasteiger partial charge in [0.05, 0.1) is 4.88 Å². The molecule has 0 bridgehead atoms. The lowest BCUT2D eigenvalue weighted by molar-refractivity contribution is -0.116. The molecule has 3 heterocycles. The molecule has 0 saturated carbocycles. The third-order valence-electron chi connectivity index (χ3n) is 5.17. The lowest BCUT2D eigenvalue weighted by Gasteiger charge is -2.08. The van der Waals surface area contributed by atoms with Gasteiger partial charge in [-0.2, -0.15) is 5.10 Å². The van der Waals surface area contributed by atoms with Crippen LogP contribution in [0.3, 0.4) is 0 Å². The van der Waals surface area contributed by atoms with Crippen LogP contribution in [0.15, 0.2) is 60.0 Å². The normalized spacial score (nSPS) is 11.4. The van der Waals surface area contributed by atoms with E-state index in [9.17, 15) is 4.79 Å². The molecule has 0 fully saturated rings. The van der Waals surface area contributed by atoms with Gasteiger partial charge in [-0.25, -0.2) is 0 Å². The molecule has 3 aromatic heterocycles. The van der Waals surface area contributed by atoms with Crippen LogP contribution in [-0.2, 0) is 17.9 Å². The molecule has 150 valence electrons. The molecule has 8 heteroatoms. The number of para-hydroxylation sites is 1. The van der Waals surface area contributed by atoms with Crippen molar-refractivity contribution in [2.24, 2.45) is 0 Å². The lowest BCUT2D eigenvalue weighted by Crippen LogP contribution is -2.19. The average Bonchev–Trinajstić information content (AvgIpc) is 3.47. The molecule has 0 unspecified atom stereocenters. The number of thiophene rings is 1. The maximum Gasteiger partial charge on any atom is 0.244 e. The van der Waals surface area contributed by atoms with Crippen LogP contribution in [-0.4, -0.2) is 25.2 Å². The number of anilines is 1. The number of carbonyl (C=O) groups excluding carboxylic acids is 1. The first-order chi connectivity index (χ1) is 14.7. The van der Waals surface area contributed by atoms with E-state index in [0.29, 0.717) is 10.6 Å². The van der Waals surface area contributed by atoms with Crippen LogP contribution < -0.4 is 5.32 Å². The number of hydrogen-bond acceptors (Lipinski definition) is 4. The molecule has 0 aliphatic carbocycles. The second kappa shape index (κ2) is 7.55. The predicted molar refractivity (Wildman–Crippen MR) is 124 cm³/mol. The van der Waals surface area contributed by atoms with Crippen molar-refractivity contribution < 1.29 is 4.79 Å². The highest BCUT2D eigenvalue weighted by molar-refractivity contribution is 7.71. The van der Waals surface area contributed by atoms with Gasteiger partial charge in [0, 0.05) is 34.0 Å². The van der Waals surface area contributed by atoms with E-state index in [1.54, 1.807) is 15.9 Å². The van der Waals surface area contributed by atoms with Gasteiger partial charge in [-0.15, -0.1) is 11.3 Å². The van der Waals surface area contributed by atoms with Crippen LogP contribution in [0.2, 0.25) is 0 Å². The zero-order valence-electron chi connectivity index (χ0n) is 16.3. The van der Waals surface area contributed by atoms with Gasteiger partial charge in [-0.05, 0) is 54.9 Å². The Balaban J connectivity index is 1.46. The minimum Gasteiger partial charge on any atom is -0.341 e. The molecule has 0 spiro atoms. The van der Waals surface area contributed by atoms with Crippen molar-refractivity contribution >= 4 is 57.0 Å². The van der Waals surface area contributed by atoms with Crippen molar-refractivity contribution in [2.75, 3.05) is 5.32 Å². The fourth-order valence-corrected chi connectivity index (χ4v) is 4.79. The number of aryl methyl sites for hydroxylation is 1. The minimum absolute atomic E-state index is 0.0946. The predicted octanol–water partition coefficient (Wildman–Crippen LogP) is 5.44. The molecular formula is C22H19N5OS2. The molecule has 2 N–H and O–H groups in total.